The molecule has 2 fully saturated rings. The van der Waals surface area contributed by atoms with Gasteiger partial charge in [0.2, 0.25) is 0 Å². The minimum Gasteiger partial charge on any atom is -0.364 e. The zero-order valence-electron chi connectivity index (χ0n) is 5.00. The molecule has 0 aliphatic carbocycles. The standard InChI is InChI=1S/C6H10OP/c1-8-4-2-3-5-6(8)7-5/h3,5-6H,2,4H2,1H3. The zero-order chi connectivity index (χ0) is 5.56. The number of fused-ring (bicyclic) bond motifs is 1. The lowest BCUT2D eigenvalue weighted by atomic mass is 10.3. The number of ether oxygens (including phenoxy) is 1. The van der Waals surface area contributed by atoms with Crippen LogP contribution in [0.1, 0.15) is 6.42 Å². The molecule has 2 saturated heterocycles. The SMILES string of the molecule is CP1CC[CH]C2OC21. The van der Waals surface area contributed by atoms with Gasteiger partial charge >= 0.3 is 0 Å². The maximum Gasteiger partial charge on any atom is 0.103 e. The summed E-state index contributed by atoms with van der Waals surface area (Å²) in [7, 11) is 0.268. The predicted octanol–water partition coefficient (Wildman–Crippen LogP) is 1.43. The summed E-state index contributed by atoms with van der Waals surface area (Å²) in [4.78, 5) is 0. The highest BCUT2D eigenvalue weighted by Crippen LogP contribution is 2.54. The summed E-state index contributed by atoms with van der Waals surface area (Å²) in [5.74, 6) is 0.679. The van der Waals surface area contributed by atoms with E-state index in [0.29, 0.717) is 11.9 Å². The monoisotopic (exact) mass is 129 g/mol. The highest BCUT2D eigenvalue weighted by atomic mass is 31.1. The average Bonchev–Trinajstić information content (AvgIpc) is 2.45. The molecule has 0 N–H and O–H groups in total. The van der Waals surface area contributed by atoms with E-state index in [1.807, 2.05) is 0 Å². The van der Waals surface area contributed by atoms with E-state index in [1.165, 1.54) is 12.6 Å². The molecule has 3 unspecified atom stereocenters. The molecule has 0 aromatic carbocycles. The Morgan fingerprint density at radius 1 is 1.75 bits per heavy atom. The molecule has 8 heavy (non-hydrogen) atoms. The van der Waals surface area contributed by atoms with Gasteiger partial charge < -0.3 is 4.74 Å². The Kier molecular flexibility index (Phi) is 1.09. The first-order valence-corrected chi connectivity index (χ1v) is 5.11. The first kappa shape index (κ1) is 5.20. The van der Waals surface area contributed by atoms with Gasteiger partial charge in [-0.3, -0.25) is 0 Å². The van der Waals surface area contributed by atoms with E-state index in [-0.39, 0.29) is 7.92 Å². The van der Waals surface area contributed by atoms with Crippen molar-refractivity contribution in [3.8, 4) is 0 Å². The minimum absolute atomic E-state index is 0.268. The van der Waals surface area contributed by atoms with Crippen molar-refractivity contribution in [1.82, 2.24) is 0 Å². The van der Waals surface area contributed by atoms with Crippen LogP contribution in [0.15, 0.2) is 0 Å². The van der Waals surface area contributed by atoms with E-state index in [1.54, 1.807) is 0 Å². The molecule has 3 atom stereocenters. The van der Waals surface area contributed by atoms with E-state index in [9.17, 15) is 0 Å². The molecule has 0 spiro atoms. The van der Waals surface area contributed by atoms with Gasteiger partial charge in [0.15, 0.2) is 0 Å². The molecule has 1 nitrogen and oxygen atoms in total. The first-order valence-electron chi connectivity index (χ1n) is 3.07. The van der Waals surface area contributed by atoms with E-state index in [4.69, 9.17) is 4.74 Å². The van der Waals surface area contributed by atoms with Crippen LogP contribution in [-0.2, 0) is 4.74 Å². The third-order valence-electron chi connectivity index (χ3n) is 1.82. The van der Waals surface area contributed by atoms with Crippen molar-refractivity contribution in [2.24, 2.45) is 0 Å². The smallest absolute Gasteiger partial charge is 0.103 e. The van der Waals surface area contributed by atoms with Gasteiger partial charge in [0, 0.05) is 0 Å². The van der Waals surface area contributed by atoms with Gasteiger partial charge in [-0.2, -0.15) is 0 Å². The van der Waals surface area contributed by atoms with Gasteiger partial charge in [-0.05, 0) is 25.7 Å². The Morgan fingerprint density at radius 2 is 2.62 bits per heavy atom. The van der Waals surface area contributed by atoms with E-state index in [2.05, 4.69) is 13.1 Å². The number of rotatable bonds is 0. The second-order valence-electron chi connectivity index (χ2n) is 2.50. The predicted molar refractivity (Wildman–Crippen MR) is 35.3 cm³/mol. The molecule has 0 amide bonds. The van der Waals surface area contributed by atoms with Crippen molar-refractivity contribution >= 4 is 7.92 Å². The summed E-state index contributed by atoms with van der Waals surface area (Å²) < 4.78 is 5.36. The Hall–Kier alpha value is 0.390. The fraction of sp³-hybridized carbons (Fsp3) is 0.833. The normalized spacial score (nSPS) is 52.9. The third-order valence-corrected chi connectivity index (χ3v) is 4.06. The lowest BCUT2D eigenvalue weighted by molar-refractivity contribution is 0.418. The largest absolute Gasteiger partial charge is 0.364 e. The van der Waals surface area contributed by atoms with Gasteiger partial charge in [0.05, 0.1) is 6.10 Å². The summed E-state index contributed by atoms with van der Waals surface area (Å²) in [6.07, 6.45) is 5.59. The maximum absolute atomic E-state index is 5.36. The van der Waals surface area contributed by atoms with Gasteiger partial charge in [0.25, 0.3) is 0 Å². The molecule has 2 heteroatoms. The highest BCUT2D eigenvalue weighted by Gasteiger charge is 2.44. The van der Waals surface area contributed by atoms with Crippen molar-refractivity contribution in [2.75, 3.05) is 12.8 Å². The molecule has 0 bridgehead atoms. The molecule has 2 aliphatic rings. The number of hydrogen-bond acceptors (Lipinski definition) is 1. The molecular formula is C6H10OP. The van der Waals surface area contributed by atoms with Crippen LogP contribution in [0.25, 0.3) is 0 Å². The molecule has 45 valence electrons. The summed E-state index contributed by atoms with van der Waals surface area (Å²) in [5, 5.41) is 0. The molecule has 1 radical (unpaired) electrons. The van der Waals surface area contributed by atoms with Gasteiger partial charge in [-0.1, -0.05) is 7.92 Å². The average molecular weight is 129 g/mol. The van der Waals surface area contributed by atoms with Crippen molar-refractivity contribution in [1.29, 1.82) is 0 Å². The fourth-order valence-corrected chi connectivity index (χ4v) is 2.99. The topological polar surface area (TPSA) is 12.5 Å². The van der Waals surface area contributed by atoms with Gasteiger partial charge in [-0.15, -0.1) is 0 Å². The maximum atomic E-state index is 5.36. The van der Waals surface area contributed by atoms with E-state index < -0.39 is 0 Å². The van der Waals surface area contributed by atoms with Crippen molar-refractivity contribution in [3.05, 3.63) is 6.42 Å². The minimum atomic E-state index is 0.268. The lowest BCUT2D eigenvalue weighted by Crippen LogP contribution is -2.03. The summed E-state index contributed by atoms with van der Waals surface area (Å²) in [6.45, 7) is 2.34. The van der Waals surface area contributed by atoms with Crippen LogP contribution in [0.3, 0.4) is 0 Å². The van der Waals surface area contributed by atoms with Gasteiger partial charge in [0.1, 0.15) is 5.85 Å². The quantitative estimate of drug-likeness (QED) is 0.356. The number of hydrogen-bond donors (Lipinski definition) is 0. The van der Waals surface area contributed by atoms with Crippen LogP contribution in [0, 0.1) is 6.42 Å². The zero-order valence-corrected chi connectivity index (χ0v) is 5.90. The summed E-state index contributed by atoms with van der Waals surface area (Å²) >= 11 is 0. The van der Waals surface area contributed by atoms with Crippen molar-refractivity contribution in [3.63, 3.8) is 0 Å². The second kappa shape index (κ2) is 1.68. The van der Waals surface area contributed by atoms with Crippen LogP contribution in [0.2, 0.25) is 0 Å². The van der Waals surface area contributed by atoms with Crippen LogP contribution < -0.4 is 0 Å². The Morgan fingerprint density at radius 3 is 3.25 bits per heavy atom. The van der Waals surface area contributed by atoms with E-state index >= 15 is 0 Å². The Labute approximate surface area is 51.2 Å². The van der Waals surface area contributed by atoms with Crippen LogP contribution in [-0.4, -0.2) is 24.8 Å². The fourth-order valence-electron chi connectivity index (χ4n) is 1.21. The number of epoxide rings is 1. The summed E-state index contributed by atoms with van der Waals surface area (Å²) in [6, 6.07) is 0. The van der Waals surface area contributed by atoms with Crippen LogP contribution in [0.5, 0.6) is 0 Å². The molecule has 2 heterocycles. The summed E-state index contributed by atoms with van der Waals surface area (Å²) in [5.41, 5.74) is 0. The molecule has 0 aromatic heterocycles. The third kappa shape index (κ3) is 0.691. The van der Waals surface area contributed by atoms with Crippen LogP contribution in [0.4, 0.5) is 0 Å². The molecular weight excluding hydrogens is 119 g/mol. The Bertz CT molecular complexity index is 105. The lowest BCUT2D eigenvalue weighted by Gasteiger charge is -2.11. The van der Waals surface area contributed by atoms with E-state index in [0.717, 1.165) is 0 Å². The van der Waals surface area contributed by atoms with Crippen LogP contribution >= 0.6 is 7.92 Å². The first-order chi connectivity index (χ1) is 3.88. The van der Waals surface area contributed by atoms with Crippen molar-refractivity contribution < 1.29 is 4.74 Å². The molecule has 2 rings (SSSR count). The molecule has 2 aliphatic heterocycles. The highest BCUT2D eigenvalue weighted by molar-refractivity contribution is 7.57. The Balaban J connectivity index is 1.99. The molecule has 0 aromatic rings. The molecule has 0 saturated carbocycles. The van der Waals surface area contributed by atoms with Crippen molar-refractivity contribution in [2.45, 2.75) is 18.4 Å². The second-order valence-corrected chi connectivity index (χ2v) is 4.97. The van der Waals surface area contributed by atoms with Gasteiger partial charge in [-0.25, -0.2) is 0 Å².